The number of esters is 4. The van der Waals surface area contributed by atoms with Gasteiger partial charge < -0.3 is 33.8 Å². The average molecular weight is 1440 g/mol. The molecule has 0 aliphatic rings. The maximum atomic E-state index is 13.1. The summed E-state index contributed by atoms with van der Waals surface area (Å²) in [7, 11) is -9.92. The molecule has 0 saturated heterocycles. The molecule has 3 N–H and O–H groups in total. The summed E-state index contributed by atoms with van der Waals surface area (Å²) in [5, 5.41) is 10.6. The lowest BCUT2D eigenvalue weighted by molar-refractivity contribution is -0.161. The first-order valence-corrected chi connectivity index (χ1v) is 43.7. The van der Waals surface area contributed by atoms with Crippen molar-refractivity contribution < 1.29 is 80.2 Å². The lowest BCUT2D eigenvalue weighted by atomic mass is 10.0. The van der Waals surface area contributed by atoms with Crippen LogP contribution in [0.3, 0.4) is 0 Å². The van der Waals surface area contributed by atoms with E-state index in [2.05, 4.69) is 55.4 Å². The second-order valence-corrected chi connectivity index (χ2v) is 33.3. The molecule has 0 radical (unpaired) electrons. The molecule has 582 valence electrons. The number of phosphoric acid groups is 2. The molecule has 98 heavy (non-hydrogen) atoms. The molecular weight excluding hydrogens is 1280 g/mol. The largest absolute Gasteiger partial charge is 0.472 e. The van der Waals surface area contributed by atoms with E-state index in [4.69, 9.17) is 37.0 Å². The normalized spacial score (nSPS) is 14.1. The van der Waals surface area contributed by atoms with Crippen LogP contribution in [-0.2, 0) is 65.4 Å². The van der Waals surface area contributed by atoms with Gasteiger partial charge in [-0.2, -0.15) is 0 Å². The summed E-state index contributed by atoms with van der Waals surface area (Å²) in [5.41, 5.74) is 0. The average Bonchev–Trinajstić information content (AvgIpc) is 0.957. The highest BCUT2D eigenvalue weighted by molar-refractivity contribution is 7.47. The van der Waals surface area contributed by atoms with Crippen LogP contribution in [0, 0.1) is 23.7 Å². The summed E-state index contributed by atoms with van der Waals surface area (Å²) in [4.78, 5) is 72.9. The predicted octanol–water partition coefficient (Wildman–Crippen LogP) is 23.2. The number of unbranched alkanes of at least 4 members (excludes halogenated alkanes) is 42. The van der Waals surface area contributed by atoms with Crippen LogP contribution in [-0.4, -0.2) is 96.7 Å². The van der Waals surface area contributed by atoms with E-state index in [1.807, 2.05) is 0 Å². The lowest BCUT2D eigenvalue weighted by Gasteiger charge is -2.21. The number of ether oxygens (including phenoxy) is 4. The minimum absolute atomic E-state index is 0.106. The minimum Gasteiger partial charge on any atom is -0.462 e. The second kappa shape index (κ2) is 68.2. The van der Waals surface area contributed by atoms with Gasteiger partial charge in [-0.1, -0.05) is 351 Å². The fourth-order valence-electron chi connectivity index (χ4n) is 12.1. The van der Waals surface area contributed by atoms with Crippen molar-refractivity contribution in [1.29, 1.82) is 0 Å². The van der Waals surface area contributed by atoms with Crippen molar-refractivity contribution in [3.63, 3.8) is 0 Å². The van der Waals surface area contributed by atoms with Gasteiger partial charge in [0.25, 0.3) is 0 Å². The Hall–Kier alpha value is -1.94. The SMILES string of the molecule is CC(C)CCCCCCCCCCCCCCCCCCC(=O)O[C@H](COC(=O)CCCCCCCCC(C)C)COP(=O)(O)OCC(O)COP(=O)(O)OC[C@@H](COC(=O)CCCCCCCCCCCCCCCCC(C)C)OC(=O)CCCCCCCCCCCCC(C)C. The monoisotopic (exact) mass is 1440 g/mol. The third-order valence-corrected chi connectivity index (χ3v) is 20.2. The highest BCUT2D eigenvalue weighted by Gasteiger charge is 2.30. The zero-order valence-electron chi connectivity index (χ0n) is 64.4. The Morgan fingerprint density at radius 3 is 0.633 bits per heavy atom. The van der Waals surface area contributed by atoms with Crippen LogP contribution in [0.25, 0.3) is 0 Å². The maximum absolute atomic E-state index is 13.1. The molecule has 0 heterocycles. The summed E-state index contributed by atoms with van der Waals surface area (Å²) in [5.74, 6) is 0.921. The van der Waals surface area contributed by atoms with Gasteiger partial charge in [0.1, 0.15) is 19.3 Å². The van der Waals surface area contributed by atoms with Gasteiger partial charge in [-0.3, -0.25) is 37.3 Å². The number of carbonyl (C=O) groups is 4. The molecule has 0 saturated carbocycles. The second-order valence-electron chi connectivity index (χ2n) is 30.4. The summed E-state index contributed by atoms with van der Waals surface area (Å²) < 4.78 is 68.6. The van der Waals surface area contributed by atoms with Crippen molar-refractivity contribution in [2.45, 2.75) is 420 Å². The molecule has 0 aromatic carbocycles. The molecule has 0 fully saturated rings. The molecule has 0 aliphatic heterocycles. The molecule has 0 amide bonds. The van der Waals surface area contributed by atoms with Crippen LogP contribution in [0.2, 0.25) is 0 Å². The quantitative estimate of drug-likeness (QED) is 0.0222. The lowest BCUT2D eigenvalue weighted by Crippen LogP contribution is -2.30. The summed E-state index contributed by atoms with van der Waals surface area (Å²) in [6.07, 6.45) is 54.3. The van der Waals surface area contributed by atoms with Crippen molar-refractivity contribution in [2.75, 3.05) is 39.6 Å². The minimum atomic E-state index is -4.96. The number of phosphoric ester groups is 2. The number of hydrogen-bond donors (Lipinski definition) is 3. The molecular formula is C79H154O17P2. The molecule has 0 spiro atoms. The van der Waals surface area contributed by atoms with E-state index in [0.717, 1.165) is 114 Å². The zero-order chi connectivity index (χ0) is 72.4. The predicted molar refractivity (Wildman–Crippen MR) is 400 cm³/mol. The Bertz CT molecular complexity index is 1920. The van der Waals surface area contributed by atoms with Gasteiger partial charge >= 0.3 is 39.5 Å². The molecule has 5 atom stereocenters. The number of aliphatic hydroxyl groups excluding tert-OH is 1. The van der Waals surface area contributed by atoms with E-state index in [9.17, 15) is 43.2 Å². The highest BCUT2D eigenvalue weighted by Crippen LogP contribution is 2.45. The van der Waals surface area contributed by atoms with Gasteiger partial charge in [0.05, 0.1) is 26.4 Å². The fraction of sp³-hybridized carbons (Fsp3) is 0.949. The van der Waals surface area contributed by atoms with E-state index in [-0.39, 0.29) is 25.7 Å². The highest BCUT2D eigenvalue weighted by atomic mass is 31.2. The molecule has 0 bridgehead atoms. The standard InChI is InChI=1S/C79H154O17P2/c1-69(2)55-47-39-31-25-19-15-11-9-10-12-18-22-29-35-45-53-61-78(83)96-75(66-90-77(82)60-52-44-38-37-42-50-58-72(7)8)68-94-98(87,88)92-64-73(80)63-91-97(85,86)93-67-74(95-79(84)62-54-46-36-30-24-23-27-33-41-49-57-71(5)6)65-89-76(81)59-51-43-34-28-21-17-14-13-16-20-26-32-40-48-56-70(3)4/h69-75,80H,9-68H2,1-8H3,(H,85,86)(H,87,88)/t73?,74-,75-/m1/s1. The van der Waals surface area contributed by atoms with Crippen molar-refractivity contribution in [3.05, 3.63) is 0 Å². The van der Waals surface area contributed by atoms with Gasteiger partial charge in [-0.05, 0) is 49.4 Å². The number of carbonyl (C=O) groups excluding carboxylic acids is 4. The Morgan fingerprint density at radius 2 is 0.429 bits per heavy atom. The molecule has 17 nitrogen and oxygen atoms in total. The van der Waals surface area contributed by atoms with Crippen LogP contribution >= 0.6 is 15.6 Å². The van der Waals surface area contributed by atoms with Gasteiger partial charge in [0.2, 0.25) is 0 Å². The third kappa shape index (κ3) is 72.4. The Kier molecular flexibility index (Phi) is 66.8. The molecule has 0 aromatic rings. The van der Waals surface area contributed by atoms with E-state index < -0.39 is 97.5 Å². The number of hydrogen-bond acceptors (Lipinski definition) is 15. The Balaban J connectivity index is 5.20. The first-order chi connectivity index (χ1) is 47.1. The molecule has 0 aromatic heterocycles. The molecule has 0 aliphatic carbocycles. The maximum Gasteiger partial charge on any atom is 0.472 e. The van der Waals surface area contributed by atoms with Gasteiger partial charge in [0.15, 0.2) is 12.2 Å². The van der Waals surface area contributed by atoms with Crippen LogP contribution < -0.4 is 0 Å². The Morgan fingerprint density at radius 1 is 0.255 bits per heavy atom. The summed E-state index contributed by atoms with van der Waals surface area (Å²) in [6.45, 7) is 14.2. The van der Waals surface area contributed by atoms with E-state index >= 15 is 0 Å². The van der Waals surface area contributed by atoms with Gasteiger partial charge in [-0.15, -0.1) is 0 Å². The summed E-state index contributed by atoms with van der Waals surface area (Å²) >= 11 is 0. The van der Waals surface area contributed by atoms with Crippen LogP contribution in [0.1, 0.15) is 402 Å². The smallest absolute Gasteiger partial charge is 0.462 e. The Labute approximate surface area is 600 Å². The van der Waals surface area contributed by atoms with Crippen molar-refractivity contribution in [3.8, 4) is 0 Å². The third-order valence-electron chi connectivity index (χ3n) is 18.3. The first kappa shape index (κ1) is 96.1. The topological polar surface area (TPSA) is 237 Å². The number of rotatable bonds is 76. The van der Waals surface area contributed by atoms with Crippen LogP contribution in [0.4, 0.5) is 0 Å². The van der Waals surface area contributed by atoms with E-state index in [1.165, 1.54) is 199 Å². The first-order valence-electron chi connectivity index (χ1n) is 40.7. The van der Waals surface area contributed by atoms with Gasteiger partial charge in [-0.25, -0.2) is 9.13 Å². The van der Waals surface area contributed by atoms with Crippen molar-refractivity contribution in [1.82, 2.24) is 0 Å². The fourth-order valence-corrected chi connectivity index (χ4v) is 13.7. The van der Waals surface area contributed by atoms with Crippen molar-refractivity contribution in [2.24, 2.45) is 23.7 Å². The molecule has 3 unspecified atom stereocenters. The van der Waals surface area contributed by atoms with Gasteiger partial charge in [0, 0.05) is 25.7 Å². The van der Waals surface area contributed by atoms with Crippen LogP contribution in [0.15, 0.2) is 0 Å². The summed E-state index contributed by atoms with van der Waals surface area (Å²) in [6, 6.07) is 0. The van der Waals surface area contributed by atoms with Crippen molar-refractivity contribution >= 4 is 39.5 Å². The number of aliphatic hydroxyl groups is 1. The van der Waals surface area contributed by atoms with Crippen LogP contribution in [0.5, 0.6) is 0 Å². The molecule has 0 rings (SSSR count). The molecule has 19 heteroatoms. The van der Waals surface area contributed by atoms with E-state index in [1.54, 1.807) is 0 Å². The zero-order valence-corrected chi connectivity index (χ0v) is 66.2. The van der Waals surface area contributed by atoms with E-state index in [0.29, 0.717) is 31.6 Å².